The molecule has 0 aliphatic carbocycles. The highest BCUT2D eigenvalue weighted by molar-refractivity contribution is 9.11. The van der Waals surface area contributed by atoms with Gasteiger partial charge in [0, 0.05) is 16.6 Å². The van der Waals surface area contributed by atoms with Gasteiger partial charge in [-0.1, -0.05) is 27.5 Å². The van der Waals surface area contributed by atoms with Crippen LogP contribution >= 0.6 is 43.5 Å². The second-order valence-electron chi connectivity index (χ2n) is 3.42. The highest BCUT2D eigenvalue weighted by atomic mass is 79.9. The fourth-order valence-corrected chi connectivity index (χ4v) is 2.22. The molecule has 2 aromatic rings. The van der Waals surface area contributed by atoms with Crippen molar-refractivity contribution >= 4 is 49.3 Å². The number of hydrogen-bond donors (Lipinski definition) is 1. The number of anilines is 1. The maximum Gasteiger partial charge on any atom is 0.148 e. The summed E-state index contributed by atoms with van der Waals surface area (Å²) in [5.74, 6) is 0.247. The molecule has 1 aromatic heterocycles. The molecule has 0 radical (unpaired) electrons. The SMILES string of the molecule is Fc1ccc(Br)cc1CNc1ncnc(Cl)c1Br. The summed E-state index contributed by atoms with van der Waals surface area (Å²) >= 11 is 12.4. The van der Waals surface area contributed by atoms with Crippen LogP contribution in [0.1, 0.15) is 5.56 Å². The van der Waals surface area contributed by atoms with Crippen LogP contribution in [-0.4, -0.2) is 9.97 Å². The molecule has 7 heteroatoms. The minimum Gasteiger partial charge on any atom is -0.365 e. The monoisotopic (exact) mass is 393 g/mol. The van der Waals surface area contributed by atoms with Crippen LogP contribution in [0.4, 0.5) is 10.2 Å². The number of rotatable bonds is 3. The van der Waals surface area contributed by atoms with Gasteiger partial charge < -0.3 is 5.32 Å². The largest absolute Gasteiger partial charge is 0.365 e. The second-order valence-corrected chi connectivity index (χ2v) is 5.48. The first-order chi connectivity index (χ1) is 8.58. The maximum atomic E-state index is 13.5. The Kier molecular flexibility index (Phi) is 4.53. The van der Waals surface area contributed by atoms with Crippen molar-refractivity contribution in [2.45, 2.75) is 6.54 Å². The molecule has 0 bridgehead atoms. The predicted molar refractivity (Wildman–Crippen MR) is 76.2 cm³/mol. The van der Waals surface area contributed by atoms with Crippen LogP contribution in [0.5, 0.6) is 0 Å². The van der Waals surface area contributed by atoms with Crippen LogP contribution in [0.25, 0.3) is 0 Å². The van der Waals surface area contributed by atoms with Crippen molar-refractivity contribution in [3.05, 3.63) is 50.0 Å². The van der Waals surface area contributed by atoms with Gasteiger partial charge >= 0.3 is 0 Å². The molecule has 0 spiro atoms. The third-order valence-electron chi connectivity index (χ3n) is 2.20. The third kappa shape index (κ3) is 3.18. The third-order valence-corrected chi connectivity index (χ3v) is 3.96. The number of hydrogen-bond acceptors (Lipinski definition) is 3. The standard InChI is InChI=1S/C11H7Br2ClFN3/c12-7-1-2-8(15)6(3-7)4-16-11-9(13)10(14)17-5-18-11/h1-3,5H,4H2,(H,16,17,18). The first-order valence-corrected chi connectivity index (χ1v) is 6.88. The fourth-order valence-electron chi connectivity index (χ4n) is 1.33. The van der Waals surface area contributed by atoms with Crippen molar-refractivity contribution in [2.24, 2.45) is 0 Å². The number of halogens is 4. The average Bonchev–Trinajstić information content (AvgIpc) is 2.35. The highest BCUT2D eigenvalue weighted by Gasteiger charge is 2.08. The molecule has 0 saturated carbocycles. The number of aromatic nitrogens is 2. The van der Waals surface area contributed by atoms with Gasteiger partial charge in [0.2, 0.25) is 0 Å². The van der Waals surface area contributed by atoms with Gasteiger partial charge in [-0.25, -0.2) is 14.4 Å². The first kappa shape index (κ1) is 13.7. The average molecular weight is 395 g/mol. The molecule has 0 aliphatic rings. The second kappa shape index (κ2) is 5.95. The van der Waals surface area contributed by atoms with E-state index >= 15 is 0 Å². The topological polar surface area (TPSA) is 37.8 Å². The summed E-state index contributed by atoms with van der Waals surface area (Å²) in [7, 11) is 0. The molecule has 0 fully saturated rings. The van der Waals surface area contributed by atoms with Crippen molar-refractivity contribution in [3.63, 3.8) is 0 Å². The molecule has 0 atom stereocenters. The van der Waals surface area contributed by atoms with Gasteiger partial charge in [-0.15, -0.1) is 0 Å². The summed E-state index contributed by atoms with van der Waals surface area (Å²) < 4.78 is 14.9. The zero-order valence-corrected chi connectivity index (χ0v) is 12.9. The van der Waals surface area contributed by atoms with E-state index in [4.69, 9.17) is 11.6 Å². The summed E-state index contributed by atoms with van der Waals surface area (Å²) in [6, 6.07) is 4.76. The van der Waals surface area contributed by atoms with Crippen LogP contribution in [0.15, 0.2) is 33.5 Å². The maximum absolute atomic E-state index is 13.5. The molecular weight excluding hydrogens is 388 g/mol. The predicted octanol–water partition coefficient (Wildman–Crippen LogP) is 4.41. The van der Waals surface area contributed by atoms with E-state index in [1.54, 1.807) is 12.1 Å². The quantitative estimate of drug-likeness (QED) is 0.783. The lowest BCUT2D eigenvalue weighted by Gasteiger charge is -2.09. The molecule has 1 heterocycles. The van der Waals surface area contributed by atoms with Crippen LogP contribution in [0.3, 0.4) is 0 Å². The van der Waals surface area contributed by atoms with Crippen LogP contribution in [-0.2, 0) is 6.54 Å². The van der Waals surface area contributed by atoms with Crippen molar-refractivity contribution in [1.29, 1.82) is 0 Å². The lowest BCUT2D eigenvalue weighted by Crippen LogP contribution is -2.04. The molecule has 1 N–H and O–H groups in total. The lowest BCUT2D eigenvalue weighted by atomic mass is 10.2. The minimum atomic E-state index is -0.276. The Morgan fingerprint density at radius 3 is 2.83 bits per heavy atom. The molecule has 94 valence electrons. The highest BCUT2D eigenvalue weighted by Crippen LogP contribution is 2.26. The van der Waals surface area contributed by atoms with Crippen LogP contribution in [0, 0.1) is 5.82 Å². The van der Waals surface area contributed by atoms with E-state index in [1.807, 2.05) is 0 Å². The van der Waals surface area contributed by atoms with Gasteiger partial charge in [0.1, 0.15) is 23.1 Å². The van der Waals surface area contributed by atoms with E-state index < -0.39 is 0 Å². The van der Waals surface area contributed by atoms with Crippen molar-refractivity contribution < 1.29 is 4.39 Å². The molecule has 3 nitrogen and oxygen atoms in total. The normalized spacial score (nSPS) is 10.4. The van der Waals surface area contributed by atoms with E-state index in [1.165, 1.54) is 12.4 Å². The molecule has 0 amide bonds. The Morgan fingerprint density at radius 2 is 2.06 bits per heavy atom. The van der Waals surface area contributed by atoms with E-state index in [9.17, 15) is 4.39 Å². The summed E-state index contributed by atoms with van der Waals surface area (Å²) in [5.41, 5.74) is 0.533. The molecular formula is C11H7Br2ClFN3. The fraction of sp³-hybridized carbons (Fsp3) is 0.0909. The van der Waals surface area contributed by atoms with Crippen molar-refractivity contribution in [2.75, 3.05) is 5.32 Å². The van der Waals surface area contributed by atoms with Gasteiger partial charge in [0.15, 0.2) is 0 Å². The summed E-state index contributed by atoms with van der Waals surface area (Å²) in [5, 5.41) is 3.30. The van der Waals surface area contributed by atoms with Gasteiger partial charge in [0.25, 0.3) is 0 Å². The van der Waals surface area contributed by atoms with Crippen LogP contribution in [0.2, 0.25) is 5.15 Å². The van der Waals surface area contributed by atoms with Gasteiger partial charge in [-0.3, -0.25) is 0 Å². The zero-order valence-electron chi connectivity index (χ0n) is 8.92. The van der Waals surface area contributed by atoms with Gasteiger partial charge in [-0.2, -0.15) is 0 Å². The lowest BCUT2D eigenvalue weighted by molar-refractivity contribution is 0.612. The van der Waals surface area contributed by atoms with Crippen LogP contribution < -0.4 is 5.32 Å². The van der Waals surface area contributed by atoms with E-state index in [2.05, 4.69) is 47.1 Å². The minimum absolute atomic E-state index is 0.276. The molecule has 0 saturated heterocycles. The molecule has 0 aliphatic heterocycles. The van der Waals surface area contributed by atoms with E-state index in [0.29, 0.717) is 27.6 Å². The van der Waals surface area contributed by atoms with E-state index in [0.717, 1.165) is 4.47 Å². The number of benzene rings is 1. The van der Waals surface area contributed by atoms with E-state index in [-0.39, 0.29) is 5.82 Å². The zero-order chi connectivity index (χ0) is 13.1. The number of nitrogens with one attached hydrogen (secondary N) is 1. The number of nitrogens with zero attached hydrogens (tertiary/aromatic N) is 2. The summed E-state index contributed by atoms with van der Waals surface area (Å²) in [6.45, 7) is 0.303. The van der Waals surface area contributed by atoms with Gasteiger partial charge in [-0.05, 0) is 34.1 Å². The Hall–Kier alpha value is -0.720. The van der Waals surface area contributed by atoms with Gasteiger partial charge in [0.05, 0.1) is 4.47 Å². The summed E-state index contributed by atoms with van der Waals surface area (Å²) in [4.78, 5) is 7.83. The summed E-state index contributed by atoms with van der Waals surface area (Å²) in [6.07, 6.45) is 1.34. The Labute approximate surface area is 125 Å². The first-order valence-electron chi connectivity index (χ1n) is 4.91. The molecule has 18 heavy (non-hydrogen) atoms. The van der Waals surface area contributed by atoms with Crippen molar-refractivity contribution in [1.82, 2.24) is 9.97 Å². The Morgan fingerprint density at radius 1 is 1.28 bits per heavy atom. The smallest absolute Gasteiger partial charge is 0.148 e. The molecule has 1 aromatic carbocycles. The molecule has 2 rings (SSSR count). The van der Waals surface area contributed by atoms with Crippen molar-refractivity contribution in [3.8, 4) is 0 Å². The Bertz CT molecular complexity index is 578. The Balaban J connectivity index is 2.16. The molecule has 0 unspecified atom stereocenters.